The molecule has 1 heterocycles. The van der Waals surface area contributed by atoms with Crippen molar-refractivity contribution in [2.75, 3.05) is 27.3 Å². The largest absolute Gasteiger partial charge is 0.389 e. The summed E-state index contributed by atoms with van der Waals surface area (Å²) in [5, 5.41) is 13.7. The number of aromatic nitrogens is 2. The minimum absolute atomic E-state index is 0.0462. The lowest BCUT2D eigenvalue weighted by Crippen LogP contribution is -2.33. The summed E-state index contributed by atoms with van der Waals surface area (Å²) in [6.07, 6.45) is -0.526. The summed E-state index contributed by atoms with van der Waals surface area (Å²) in [4.78, 5) is 6.39. The summed E-state index contributed by atoms with van der Waals surface area (Å²) in [5.74, 6) is 1.26. The molecule has 0 saturated carbocycles. The molecule has 1 rings (SSSR count). The van der Waals surface area contributed by atoms with Gasteiger partial charge in [-0.25, -0.2) is 0 Å². The molecule has 0 saturated heterocycles. The first kappa shape index (κ1) is 16.1. The molecule has 0 aliphatic heterocycles. The predicted octanol–water partition coefficient (Wildman–Crippen LogP) is 1.37. The third kappa shape index (κ3) is 4.56. The van der Waals surface area contributed by atoms with Crippen LogP contribution in [0.1, 0.15) is 45.5 Å². The fraction of sp³-hybridized carbons (Fsp3) is 0.846. The van der Waals surface area contributed by atoms with Crippen molar-refractivity contribution in [1.29, 1.82) is 0 Å². The van der Waals surface area contributed by atoms with Gasteiger partial charge in [-0.1, -0.05) is 25.9 Å². The van der Waals surface area contributed by atoms with Gasteiger partial charge in [0.25, 0.3) is 0 Å². The maximum atomic E-state index is 9.72. The number of rotatable bonds is 6. The zero-order chi connectivity index (χ0) is 14.6. The minimum Gasteiger partial charge on any atom is -0.389 e. The second kappa shape index (κ2) is 6.45. The fourth-order valence-electron chi connectivity index (χ4n) is 1.63. The molecule has 0 spiro atoms. The Bertz CT molecular complexity index is 387. The average molecular weight is 271 g/mol. The smallest absolute Gasteiger partial charge is 0.243 e. The molecule has 0 fully saturated rings. The second-order valence-corrected chi connectivity index (χ2v) is 5.93. The summed E-state index contributed by atoms with van der Waals surface area (Å²) in [6.45, 7) is 8.89. The van der Waals surface area contributed by atoms with E-state index in [4.69, 9.17) is 9.26 Å². The summed E-state index contributed by atoms with van der Waals surface area (Å²) in [5.41, 5.74) is -0.129. The number of hydrogen-bond donors (Lipinski definition) is 1. The van der Waals surface area contributed by atoms with Crippen LogP contribution in [0, 0.1) is 0 Å². The molecule has 19 heavy (non-hydrogen) atoms. The van der Waals surface area contributed by atoms with Gasteiger partial charge in [-0.3, -0.25) is 4.90 Å². The van der Waals surface area contributed by atoms with E-state index in [-0.39, 0.29) is 11.5 Å². The Morgan fingerprint density at radius 1 is 1.42 bits per heavy atom. The predicted molar refractivity (Wildman–Crippen MR) is 71.9 cm³/mol. The van der Waals surface area contributed by atoms with Gasteiger partial charge in [0.2, 0.25) is 5.89 Å². The van der Waals surface area contributed by atoms with E-state index < -0.39 is 6.10 Å². The van der Waals surface area contributed by atoms with E-state index in [0.29, 0.717) is 24.9 Å². The normalized spacial score (nSPS) is 15.8. The first-order valence-electron chi connectivity index (χ1n) is 6.47. The number of likely N-dealkylation sites (N-methyl/N-ethyl adjacent to an activating group) is 1. The van der Waals surface area contributed by atoms with Crippen molar-refractivity contribution >= 4 is 0 Å². The first-order valence-corrected chi connectivity index (χ1v) is 6.47. The topological polar surface area (TPSA) is 71.6 Å². The zero-order valence-electron chi connectivity index (χ0n) is 12.7. The van der Waals surface area contributed by atoms with Crippen LogP contribution in [0.4, 0.5) is 0 Å². The number of aliphatic hydroxyl groups is 1. The molecule has 6 nitrogen and oxygen atoms in total. The number of hydrogen-bond acceptors (Lipinski definition) is 6. The van der Waals surface area contributed by atoms with Crippen LogP contribution in [-0.2, 0) is 10.2 Å². The molecule has 0 bridgehead atoms. The number of nitrogens with zero attached hydrogens (tertiary/aromatic N) is 3. The minimum atomic E-state index is -0.526. The molecular weight excluding hydrogens is 246 g/mol. The molecule has 0 amide bonds. The average Bonchev–Trinajstić information content (AvgIpc) is 2.76. The van der Waals surface area contributed by atoms with Crippen LogP contribution in [0.25, 0.3) is 0 Å². The molecule has 0 aliphatic rings. The Balaban J connectivity index is 2.66. The third-order valence-electron chi connectivity index (χ3n) is 2.99. The Kier molecular flexibility index (Phi) is 5.46. The fourth-order valence-corrected chi connectivity index (χ4v) is 1.63. The Morgan fingerprint density at radius 3 is 2.53 bits per heavy atom. The molecular formula is C13H25N3O3. The van der Waals surface area contributed by atoms with Gasteiger partial charge < -0.3 is 14.4 Å². The van der Waals surface area contributed by atoms with Crippen LogP contribution in [0.2, 0.25) is 0 Å². The van der Waals surface area contributed by atoms with Crippen LogP contribution < -0.4 is 0 Å². The lowest BCUT2D eigenvalue weighted by atomic mass is 9.96. The third-order valence-corrected chi connectivity index (χ3v) is 2.99. The van der Waals surface area contributed by atoms with Crippen molar-refractivity contribution in [2.45, 2.75) is 45.3 Å². The van der Waals surface area contributed by atoms with E-state index in [9.17, 15) is 5.11 Å². The van der Waals surface area contributed by atoms with Crippen LogP contribution in [0.3, 0.4) is 0 Å². The SMILES string of the molecule is COC[C@H](O)CN(C)[C@@H](C)c1nc(C(C)(C)C)no1. The Morgan fingerprint density at radius 2 is 2.05 bits per heavy atom. The monoisotopic (exact) mass is 271 g/mol. The van der Waals surface area contributed by atoms with Gasteiger partial charge in [0, 0.05) is 19.1 Å². The molecule has 0 radical (unpaired) electrons. The highest BCUT2D eigenvalue weighted by Gasteiger charge is 2.25. The van der Waals surface area contributed by atoms with Crippen LogP contribution in [0.15, 0.2) is 4.52 Å². The Hall–Kier alpha value is -0.980. The summed E-state index contributed by atoms with van der Waals surface area (Å²) >= 11 is 0. The molecule has 1 N–H and O–H groups in total. The summed E-state index contributed by atoms with van der Waals surface area (Å²) < 4.78 is 10.2. The van der Waals surface area contributed by atoms with Gasteiger partial charge in [-0.2, -0.15) is 4.98 Å². The lowest BCUT2D eigenvalue weighted by Gasteiger charge is -2.24. The van der Waals surface area contributed by atoms with Crippen molar-refractivity contribution in [1.82, 2.24) is 15.0 Å². The second-order valence-electron chi connectivity index (χ2n) is 5.93. The van der Waals surface area contributed by atoms with E-state index in [0.717, 1.165) is 0 Å². The van der Waals surface area contributed by atoms with E-state index in [1.54, 1.807) is 7.11 Å². The molecule has 1 aromatic rings. The standard InChI is InChI=1S/C13H25N3O3/c1-9(16(5)7-10(17)8-18-6)11-14-12(15-19-11)13(2,3)4/h9-10,17H,7-8H2,1-6H3/t9-,10+/m0/s1. The lowest BCUT2D eigenvalue weighted by molar-refractivity contribution is 0.0325. The van der Waals surface area contributed by atoms with Gasteiger partial charge in [0.15, 0.2) is 5.82 Å². The van der Waals surface area contributed by atoms with Crippen molar-refractivity contribution in [3.05, 3.63) is 11.7 Å². The highest BCUT2D eigenvalue weighted by atomic mass is 16.5. The molecule has 2 atom stereocenters. The molecule has 1 aromatic heterocycles. The van der Waals surface area contributed by atoms with Gasteiger partial charge in [-0.05, 0) is 14.0 Å². The van der Waals surface area contributed by atoms with Crippen molar-refractivity contribution < 1.29 is 14.4 Å². The van der Waals surface area contributed by atoms with Crippen LogP contribution >= 0.6 is 0 Å². The van der Waals surface area contributed by atoms with Crippen molar-refractivity contribution in [3.8, 4) is 0 Å². The molecule has 0 unspecified atom stereocenters. The quantitative estimate of drug-likeness (QED) is 0.842. The van der Waals surface area contributed by atoms with E-state index in [1.165, 1.54) is 0 Å². The highest BCUT2D eigenvalue weighted by molar-refractivity contribution is 5.01. The number of methoxy groups -OCH3 is 1. The highest BCUT2D eigenvalue weighted by Crippen LogP contribution is 2.23. The Labute approximate surface area is 114 Å². The van der Waals surface area contributed by atoms with Crippen molar-refractivity contribution in [2.24, 2.45) is 0 Å². The molecule has 6 heteroatoms. The van der Waals surface area contributed by atoms with Crippen molar-refractivity contribution in [3.63, 3.8) is 0 Å². The van der Waals surface area contributed by atoms with Crippen LogP contribution in [0.5, 0.6) is 0 Å². The molecule has 0 aliphatic carbocycles. The summed E-state index contributed by atoms with van der Waals surface area (Å²) in [6, 6.07) is -0.0462. The van der Waals surface area contributed by atoms with Gasteiger partial charge in [0.05, 0.1) is 18.8 Å². The molecule has 110 valence electrons. The maximum Gasteiger partial charge on any atom is 0.243 e. The van der Waals surface area contributed by atoms with E-state index in [1.807, 2.05) is 39.6 Å². The van der Waals surface area contributed by atoms with E-state index >= 15 is 0 Å². The number of ether oxygens (including phenoxy) is 1. The van der Waals surface area contributed by atoms with Crippen LogP contribution in [-0.4, -0.2) is 53.6 Å². The van der Waals surface area contributed by atoms with Gasteiger partial charge >= 0.3 is 0 Å². The molecule has 0 aromatic carbocycles. The van der Waals surface area contributed by atoms with E-state index in [2.05, 4.69) is 10.1 Å². The maximum absolute atomic E-state index is 9.72. The van der Waals surface area contributed by atoms with Gasteiger partial charge in [-0.15, -0.1) is 0 Å². The number of aliphatic hydroxyl groups excluding tert-OH is 1. The van der Waals surface area contributed by atoms with Gasteiger partial charge in [0.1, 0.15) is 0 Å². The zero-order valence-corrected chi connectivity index (χ0v) is 12.7. The summed E-state index contributed by atoms with van der Waals surface area (Å²) in [7, 11) is 3.48. The first-order chi connectivity index (χ1) is 8.75.